The first-order chi connectivity index (χ1) is 9.79. The van der Waals surface area contributed by atoms with Crippen molar-refractivity contribution in [2.24, 2.45) is 5.92 Å². The minimum absolute atomic E-state index is 0.0466. The van der Waals surface area contributed by atoms with Crippen molar-refractivity contribution in [1.29, 1.82) is 0 Å². The molecule has 4 heteroatoms. The second-order valence-corrected chi connectivity index (χ2v) is 6.14. The van der Waals surface area contributed by atoms with Gasteiger partial charge >= 0.3 is 0 Å². The van der Waals surface area contributed by atoms with Gasteiger partial charge in [0.05, 0.1) is 18.2 Å². The van der Waals surface area contributed by atoms with Gasteiger partial charge in [-0.2, -0.15) is 0 Å². The van der Waals surface area contributed by atoms with Gasteiger partial charge in [0.15, 0.2) is 0 Å². The van der Waals surface area contributed by atoms with Gasteiger partial charge in [-0.3, -0.25) is 4.79 Å². The van der Waals surface area contributed by atoms with Gasteiger partial charge in [0.25, 0.3) is 0 Å². The predicted octanol–water partition coefficient (Wildman–Crippen LogP) is 2.15. The summed E-state index contributed by atoms with van der Waals surface area (Å²) in [7, 11) is 1.71. The Bertz CT molecular complexity index is 443. The average molecular weight is 293 g/mol. The summed E-state index contributed by atoms with van der Waals surface area (Å²) in [5, 5.41) is 19.9. The highest BCUT2D eigenvalue weighted by molar-refractivity contribution is 5.76. The van der Waals surface area contributed by atoms with Gasteiger partial charge in [0, 0.05) is 13.5 Å². The van der Waals surface area contributed by atoms with E-state index in [0.717, 1.165) is 5.56 Å². The molecule has 4 nitrogen and oxygen atoms in total. The van der Waals surface area contributed by atoms with Crippen molar-refractivity contribution in [2.75, 3.05) is 13.7 Å². The van der Waals surface area contributed by atoms with Crippen LogP contribution in [0, 0.1) is 5.92 Å². The van der Waals surface area contributed by atoms with Gasteiger partial charge in [0.1, 0.15) is 0 Å². The third-order valence-electron chi connectivity index (χ3n) is 4.07. The topological polar surface area (TPSA) is 60.8 Å². The van der Waals surface area contributed by atoms with E-state index in [1.54, 1.807) is 18.9 Å². The molecule has 1 aromatic rings. The van der Waals surface area contributed by atoms with Crippen LogP contribution in [0.4, 0.5) is 0 Å². The third-order valence-corrected chi connectivity index (χ3v) is 4.07. The lowest BCUT2D eigenvalue weighted by atomic mass is 9.91. The minimum atomic E-state index is -1.02. The van der Waals surface area contributed by atoms with Crippen molar-refractivity contribution in [1.82, 2.24) is 4.90 Å². The molecule has 0 aliphatic rings. The molecule has 0 aromatic heterocycles. The van der Waals surface area contributed by atoms with E-state index in [0.29, 0.717) is 6.42 Å². The van der Waals surface area contributed by atoms with Gasteiger partial charge in [-0.15, -0.1) is 0 Å². The number of hydrogen-bond acceptors (Lipinski definition) is 3. The van der Waals surface area contributed by atoms with Crippen LogP contribution < -0.4 is 0 Å². The van der Waals surface area contributed by atoms with E-state index in [-0.39, 0.29) is 30.9 Å². The van der Waals surface area contributed by atoms with E-state index < -0.39 is 5.60 Å². The molecule has 1 aromatic carbocycles. The number of aliphatic hydroxyl groups excluding tert-OH is 1. The molecule has 118 valence electrons. The van der Waals surface area contributed by atoms with E-state index in [2.05, 4.69) is 0 Å². The smallest absolute Gasteiger partial charge is 0.222 e. The SMILES string of the molecule is CC(C)[C@@H](CO)N(C)C(=O)CC[C@](C)(O)c1ccccc1. The summed E-state index contributed by atoms with van der Waals surface area (Å²) in [6, 6.07) is 9.18. The molecule has 2 N–H and O–H groups in total. The molecule has 0 aliphatic heterocycles. The van der Waals surface area contributed by atoms with Crippen molar-refractivity contribution in [3.8, 4) is 0 Å². The molecule has 0 bridgehead atoms. The molecule has 0 saturated heterocycles. The molecule has 0 spiro atoms. The normalized spacial score (nSPS) is 15.6. The first-order valence-corrected chi connectivity index (χ1v) is 7.44. The molecular weight excluding hydrogens is 266 g/mol. The van der Waals surface area contributed by atoms with Crippen molar-refractivity contribution in [2.45, 2.75) is 45.3 Å². The number of rotatable bonds is 7. The Hall–Kier alpha value is -1.39. The van der Waals surface area contributed by atoms with Crippen LogP contribution in [0.3, 0.4) is 0 Å². The Morgan fingerprint density at radius 1 is 1.29 bits per heavy atom. The maximum absolute atomic E-state index is 12.2. The Balaban J connectivity index is 2.64. The Labute approximate surface area is 127 Å². The van der Waals surface area contributed by atoms with Gasteiger partial charge in [0.2, 0.25) is 5.91 Å². The van der Waals surface area contributed by atoms with Crippen LogP contribution in [-0.2, 0) is 10.4 Å². The van der Waals surface area contributed by atoms with Gasteiger partial charge in [-0.1, -0.05) is 44.2 Å². The summed E-state index contributed by atoms with van der Waals surface area (Å²) in [5.74, 6) is 0.137. The standard InChI is InChI=1S/C17H27NO3/c1-13(2)15(12-19)18(4)16(20)10-11-17(3,21)14-8-6-5-7-9-14/h5-9,13,15,19,21H,10-12H2,1-4H3/t15-,17+/m1/s1. The van der Waals surface area contributed by atoms with E-state index in [1.807, 2.05) is 44.2 Å². The monoisotopic (exact) mass is 293 g/mol. The molecule has 2 atom stereocenters. The third kappa shape index (κ3) is 4.83. The number of aliphatic hydroxyl groups is 2. The van der Waals surface area contributed by atoms with Crippen molar-refractivity contribution >= 4 is 5.91 Å². The van der Waals surface area contributed by atoms with Crippen molar-refractivity contribution in [3.63, 3.8) is 0 Å². The summed E-state index contributed by atoms with van der Waals surface area (Å²) in [6.45, 7) is 5.63. The summed E-state index contributed by atoms with van der Waals surface area (Å²) in [6.07, 6.45) is 0.609. The number of carbonyl (C=O) groups is 1. The highest BCUT2D eigenvalue weighted by Gasteiger charge is 2.27. The van der Waals surface area contributed by atoms with E-state index in [4.69, 9.17) is 0 Å². The number of hydrogen-bond donors (Lipinski definition) is 2. The quantitative estimate of drug-likeness (QED) is 0.810. The fraction of sp³-hybridized carbons (Fsp3) is 0.588. The molecule has 0 radical (unpaired) electrons. The van der Waals surface area contributed by atoms with E-state index >= 15 is 0 Å². The second-order valence-electron chi connectivity index (χ2n) is 6.14. The molecular formula is C17H27NO3. The largest absolute Gasteiger partial charge is 0.394 e. The number of nitrogens with zero attached hydrogens (tertiary/aromatic N) is 1. The summed E-state index contributed by atoms with van der Waals surface area (Å²) in [4.78, 5) is 13.8. The minimum Gasteiger partial charge on any atom is -0.394 e. The molecule has 0 fully saturated rings. The van der Waals surface area contributed by atoms with Crippen LogP contribution in [0.5, 0.6) is 0 Å². The van der Waals surface area contributed by atoms with Gasteiger partial charge in [-0.05, 0) is 24.8 Å². The lowest BCUT2D eigenvalue weighted by molar-refractivity contribution is -0.135. The highest BCUT2D eigenvalue weighted by Crippen LogP contribution is 2.26. The van der Waals surface area contributed by atoms with Crippen molar-refractivity contribution in [3.05, 3.63) is 35.9 Å². The number of benzene rings is 1. The summed E-state index contributed by atoms with van der Waals surface area (Å²) < 4.78 is 0. The fourth-order valence-corrected chi connectivity index (χ4v) is 2.43. The van der Waals surface area contributed by atoms with Crippen LogP contribution in [-0.4, -0.2) is 40.7 Å². The van der Waals surface area contributed by atoms with Crippen molar-refractivity contribution < 1.29 is 15.0 Å². The predicted molar refractivity (Wildman–Crippen MR) is 83.7 cm³/mol. The molecule has 1 amide bonds. The highest BCUT2D eigenvalue weighted by atomic mass is 16.3. The molecule has 1 rings (SSSR count). The fourth-order valence-electron chi connectivity index (χ4n) is 2.43. The van der Waals surface area contributed by atoms with Crippen LogP contribution in [0.25, 0.3) is 0 Å². The Morgan fingerprint density at radius 3 is 2.33 bits per heavy atom. The van der Waals surface area contributed by atoms with E-state index in [1.165, 1.54) is 0 Å². The van der Waals surface area contributed by atoms with E-state index in [9.17, 15) is 15.0 Å². The molecule has 0 saturated carbocycles. The molecule has 0 aliphatic carbocycles. The molecule has 0 unspecified atom stereocenters. The average Bonchev–Trinajstić information content (AvgIpc) is 2.46. The number of likely N-dealkylation sites (N-methyl/N-ethyl adjacent to an activating group) is 1. The second kappa shape index (κ2) is 7.57. The number of carbonyl (C=O) groups excluding carboxylic acids is 1. The summed E-state index contributed by atoms with van der Waals surface area (Å²) in [5.41, 5.74) is -0.215. The zero-order valence-corrected chi connectivity index (χ0v) is 13.4. The van der Waals surface area contributed by atoms with Crippen LogP contribution in [0.2, 0.25) is 0 Å². The van der Waals surface area contributed by atoms with Crippen LogP contribution in [0.15, 0.2) is 30.3 Å². The molecule has 21 heavy (non-hydrogen) atoms. The van der Waals surface area contributed by atoms with Gasteiger partial charge in [-0.25, -0.2) is 0 Å². The van der Waals surface area contributed by atoms with Crippen LogP contribution in [0.1, 0.15) is 39.2 Å². The summed E-state index contributed by atoms with van der Waals surface area (Å²) >= 11 is 0. The lowest BCUT2D eigenvalue weighted by Crippen LogP contribution is -2.43. The first kappa shape index (κ1) is 17.7. The Kier molecular flexibility index (Phi) is 6.37. The number of amides is 1. The Morgan fingerprint density at radius 2 is 1.86 bits per heavy atom. The lowest BCUT2D eigenvalue weighted by Gasteiger charge is -2.31. The zero-order valence-electron chi connectivity index (χ0n) is 13.4. The maximum Gasteiger partial charge on any atom is 0.222 e. The van der Waals surface area contributed by atoms with Crippen LogP contribution >= 0.6 is 0 Å². The maximum atomic E-state index is 12.2. The molecule has 0 heterocycles. The zero-order chi connectivity index (χ0) is 16.0. The van der Waals surface area contributed by atoms with Gasteiger partial charge < -0.3 is 15.1 Å². The first-order valence-electron chi connectivity index (χ1n) is 7.44.